The summed E-state index contributed by atoms with van der Waals surface area (Å²) in [4.78, 5) is 21.7. The summed E-state index contributed by atoms with van der Waals surface area (Å²) in [5, 5.41) is 2.16. The van der Waals surface area contributed by atoms with Gasteiger partial charge in [-0.1, -0.05) is 0 Å². The number of halogens is 1. The highest BCUT2D eigenvalue weighted by molar-refractivity contribution is 9.07. The van der Waals surface area contributed by atoms with Crippen LogP contribution in [-0.4, -0.2) is 21.4 Å². The van der Waals surface area contributed by atoms with E-state index in [1.165, 1.54) is 3.93 Å². The van der Waals surface area contributed by atoms with Gasteiger partial charge in [0.2, 0.25) is 0 Å². The molecule has 4 nitrogen and oxygen atoms in total. The van der Waals surface area contributed by atoms with Crippen molar-refractivity contribution in [1.82, 2.24) is 9.24 Å². The fourth-order valence-electron chi connectivity index (χ4n) is 0.642. The molecule has 1 rings (SSSR count). The minimum atomic E-state index is -0.767. The van der Waals surface area contributed by atoms with Crippen LogP contribution in [0.5, 0.6) is 0 Å². The topological polar surface area (TPSA) is 49.4 Å². The number of imide groups is 1. The van der Waals surface area contributed by atoms with Crippen LogP contribution in [0.15, 0.2) is 0 Å². The largest absolute Gasteiger partial charge is 0.335 e. The monoisotopic (exact) mass is 206 g/mol. The third kappa shape index (κ3) is 0.811. The van der Waals surface area contributed by atoms with Gasteiger partial charge in [0.25, 0.3) is 5.91 Å². The third-order valence-electron chi connectivity index (χ3n) is 1.45. The summed E-state index contributed by atoms with van der Waals surface area (Å²) < 4.78 is 1.20. The van der Waals surface area contributed by atoms with Crippen molar-refractivity contribution in [3.8, 4) is 0 Å². The number of urea groups is 1. The Kier molecular flexibility index (Phi) is 1.47. The Morgan fingerprint density at radius 1 is 1.50 bits per heavy atom. The van der Waals surface area contributed by atoms with E-state index in [9.17, 15) is 9.59 Å². The molecule has 0 saturated carbocycles. The number of amides is 3. The van der Waals surface area contributed by atoms with E-state index in [2.05, 4.69) is 21.5 Å². The zero-order valence-electron chi connectivity index (χ0n) is 5.64. The van der Waals surface area contributed by atoms with Crippen LogP contribution in [0.1, 0.15) is 13.8 Å². The second-order valence-corrected chi connectivity index (χ2v) is 3.31. The van der Waals surface area contributed by atoms with Crippen molar-refractivity contribution >= 4 is 28.1 Å². The second-order valence-electron chi connectivity index (χ2n) is 2.60. The van der Waals surface area contributed by atoms with Gasteiger partial charge in [-0.2, -0.15) is 0 Å². The maximum Gasteiger partial charge on any atom is 0.335 e. The molecule has 0 spiro atoms. The maximum absolute atomic E-state index is 10.9. The number of carbonyl (C=O) groups excluding carboxylic acids is 2. The lowest BCUT2D eigenvalue weighted by Crippen LogP contribution is -2.38. The molecule has 0 aliphatic carbocycles. The quantitative estimate of drug-likeness (QED) is 0.467. The molecule has 1 saturated heterocycles. The lowest BCUT2D eigenvalue weighted by atomic mass is 10.1. The molecule has 1 N–H and O–H groups in total. The van der Waals surface area contributed by atoms with Gasteiger partial charge in [-0.3, -0.25) is 10.1 Å². The van der Waals surface area contributed by atoms with Crippen molar-refractivity contribution in [3.63, 3.8) is 0 Å². The van der Waals surface area contributed by atoms with Crippen LogP contribution < -0.4 is 5.32 Å². The molecule has 1 heterocycles. The van der Waals surface area contributed by atoms with E-state index in [1.54, 1.807) is 13.8 Å². The van der Waals surface area contributed by atoms with Crippen molar-refractivity contribution in [2.24, 2.45) is 0 Å². The van der Waals surface area contributed by atoms with Gasteiger partial charge >= 0.3 is 6.03 Å². The van der Waals surface area contributed by atoms with Gasteiger partial charge in [0, 0.05) is 0 Å². The number of hydrogen-bond acceptors (Lipinski definition) is 2. The molecule has 0 aromatic carbocycles. The molecule has 5 heteroatoms. The van der Waals surface area contributed by atoms with Crippen LogP contribution in [0.2, 0.25) is 0 Å². The number of nitrogens with one attached hydrogen (secondary N) is 1. The normalized spacial score (nSPS) is 23.3. The van der Waals surface area contributed by atoms with Gasteiger partial charge in [0.15, 0.2) is 0 Å². The zero-order valence-corrected chi connectivity index (χ0v) is 7.23. The zero-order chi connectivity index (χ0) is 7.94. The molecule has 3 amide bonds. The van der Waals surface area contributed by atoms with Crippen LogP contribution in [-0.2, 0) is 4.79 Å². The highest BCUT2D eigenvalue weighted by Crippen LogP contribution is 2.23. The number of carbonyl (C=O) groups is 2. The molecule has 0 unspecified atom stereocenters. The van der Waals surface area contributed by atoms with Crippen LogP contribution in [0.3, 0.4) is 0 Å². The summed E-state index contributed by atoms with van der Waals surface area (Å²) in [7, 11) is 0. The van der Waals surface area contributed by atoms with Gasteiger partial charge in [-0.05, 0) is 13.8 Å². The van der Waals surface area contributed by atoms with Gasteiger partial charge in [-0.15, -0.1) is 0 Å². The summed E-state index contributed by atoms with van der Waals surface area (Å²) >= 11 is 2.97. The average molecular weight is 207 g/mol. The van der Waals surface area contributed by atoms with Crippen molar-refractivity contribution in [2.75, 3.05) is 0 Å². The smallest absolute Gasteiger partial charge is 0.275 e. The first-order valence-electron chi connectivity index (χ1n) is 2.77. The number of rotatable bonds is 0. The Morgan fingerprint density at radius 3 is 2.10 bits per heavy atom. The fraction of sp³-hybridized carbons (Fsp3) is 0.600. The Balaban J connectivity index is 2.96. The first-order valence-corrected chi connectivity index (χ1v) is 3.48. The molecular weight excluding hydrogens is 200 g/mol. The van der Waals surface area contributed by atoms with Gasteiger partial charge in [-0.25, -0.2) is 8.72 Å². The van der Waals surface area contributed by atoms with Crippen molar-refractivity contribution in [2.45, 2.75) is 19.4 Å². The minimum Gasteiger partial charge on any atom is -0.275 e. The van der Waals surface area contributed by atoms with E-state index < -0.39 is 11.6 Å². The molecule has 0 aromatic rings. The maximum atomic E-state index is 10.9. The molecule has 0 atom stereocenters. The Hall–Kier alpha value is -0.580. The molecule has 1 fully saturated rings. The van der Waals surface area contributed by atoms with Crippen LogP contribution in [0.25, 0.3) is 0 Å². The standard InChI is InChI=1S/C5H7BrN2O2/c1-5(2)3(9)7-4(10)8(5)6/h1-2H3,(H,7,9,10). The van der Waals surface area contributed by atoms with E-state index in [4.69, 9.17) is 0 Å². The summed E-state index contributed by atoms with van der Waals surface area (Å²) in [6.07, 6.45) is 0. The molecule has 0 bridgehead atoms. The first kappa shape index (κ1) is 7.53. The lowest BCUT2D eigenvalue weighted by molar-refractivity contribution is -0.123. The van der Waals surface area contributed by atoms with Crippen LogP contribution in [0, 0.1) is 0 Å². The Bertz CT molecular complexity index is 202. The van der Waals surface area contributed by atoms with E-state index >= 15 is 0 Å². The molecule has 0 aromatic heterocycles. The minimum absolute atomic E-state index is 0.283. The van der Waals surface area contributed by atoms with Crippen LogP contribution >= 0.6 is 16.1 Å². The fourth-order valence-corrected chi connectivity index (χ4v) is 0.892. The first-order chi connectivity index (χ1) is 4.46. The average Bonchev–Trinajstić information content (AvgIpc) is 1.97. The summed E-state index contributed by atoms with van der Waals surface area (Å²) in [6.45, 7) is 3.31. The molecule has 1 aliphatic rings. The highest BCUT2D eigenvalue weighted by Gasteiger charge is 2.44. The van der Waals surface area contributed by atoms with Gasteiger partial charge in [0.1, 0.15) is 5.54 Å². The molecular formula is C5H7BrN2O2. The lowest BCUT2D eigenvalue weighted by Gasteiger charge is -2.19. The molecule has 10 heavy (non-hydrogen) atoms. The summed E-state index contributed by atoms with van der Waals surface area (Å²) in [6, 6.07) is -0.407. The number of nitrogens with zero attached hydrogens (tertiary/aromatic N) is 1. The molecule has 1 aliphatic heterocycles. The van der Waals surface area contributed by atoms with E-state index in [1.807, 2.05) is 0 Å². The van der Waals surface area contributed by atoms with E-state index in [0.29, 0.717) is 0 Å². The Morgan fingerprint density at radius 2 is 2.00 bits per heavy atom. The SMILES string of the molecule is CC1(C)C(=O)NC(=O)N1Br. The van der Waals surface area contributed by atoms with Gasteiger partial charge < -0.3 is 0 Å². The van der Waals surface area contributed by atoms with Crippen LogP contribution in [0.4, 0.5) is 4.79 Å². The molecule has 56 valence electrons. The number of hydrogen-bond donors (Lipinski definition) is 1. The summed E-state index contributed by atoms with van der Waals surface area (Å²) in [5.74, 6) is -0.283. The Labute approximate surface area is 66.9 Å². The second kappa shape index (κ2) is 1.95. The van der Waals surface area contributed by atoms with Crippen molar-refractivity contribution in [1.29, 1.82) is 0 Å². The van der Waals surface area contributed by atoms with Gasteiger partial charge in [0.05, 0.1) is 16.1 Å². The van der Waals surface area contributed by atoms with E-state index in [-0.39, 0.29) is 5.91 Å². The van der Waals surface area contributed by atoms with Crippen molar-refractivity contribution in [3.05, 3.63) is 0 Å². The predicted molar refractivity (Wildman–Crippen MR) is 38.4 cm³/mol. The summed E-state index contributed by atoms with van der Waals surface area (Å²) in [5.41, 5.74) is -0.767. The third-order valence-corrected chi connectivity index (χ3v) is 2.65. The highest BCUT2D eigenvalue weighted by atomic mass is 79.9. The predicted octanol–water partition coefficient (Wildman–Crippen LogP) is 0.627. The van der Waals surface area contributed by atoms with Crippen molar-refractivity contribution < 1.29 is 9.59 Å². The molecule has 0 radical (unpaired) electrons. The van der Waals surface area contributed by atoms with E-state index in [0.717, 1.165) is 0 Å².